The van der Waals surface area contributed by atoms with E-state index >= 15 is 0 Å². The van der Waals surface area contributed by atoms with Crippen LogP contribution in [-0.4, -0.2) is 64.1 Å². The third kappa shape index (κ3) is 5.76. The number of likely N-dealkylation sites (tertiary alicyclic amines) is 1. The molecule has 3 fully saturated rings. The van der Waals surface area contributed by atoms with E-state index < -0.39 is 52.2 Å². The summed E-state index contributed by atoms with van der Waals surface area (Å²) in [5.41, 5.74) is 2.75. The number of rotatable bonds is 7. The summed E-state index contributed by atoms with van der Waals surface area (Å²) in [5, 5.41) is 8.48. The van der Waals surface area contributed by atoms with E-state index in [1.54, 1.807) is 4.90 Å². The number of nitrogens with zero attached hydrogens (tertiary/aromatic N) is 1. The highest BCUT2D eigenvalue weighted by atomic mass is 32.1. The Kier molecular flexibility index (Phi) is 8.17. The highest BCUT2D eigenvalue weighted by molar-refractivity contribution is 7.59. The molecule has 0 bridgehead atoms. The number of hydrogen-bond acceptors (Lipinski definition) is 5. The molecule has 37 heavy (non-hydrogen) atoms. The van der Waals surface area contributed by atoms with Gasteiger partial charge >= 0.3 is 6.03 Å². The SMILES string of the molecule is CC[C@@H]1C[C@@]1(NC(=O)[C@@H]1[C@@H]2[C@H](CN1C(=O)[C@@H](NC(=O)NC(C)(C)C)C(C)(C)C)C2(C)C)C(=O)C(N)=O.S. The van der Waals surface area contributed by atoms with Gasteiger partial charge in [-0.05, 0) is 55.8 Å². The Hall–Kier alpha value is -2.30. The number of nitrogens with two attached hydrogens (primary N) is 1. The Morgan fingerprint density at radius 1 is 1.05 bits per heavy atom. The molecule has 0 aromatic rings. The summed E-state index contributed by atoms with van der Waals surface area (Å²) in [4.78, 5) is 66.2. The van der Waals surface area contributed by atoms with Crippen molar-refractivity contribution in [1.82, 2.24) is 20.9 Å². The van der Waals surface area contributed by atoms with Crippen molar-refractivity contribution in [3.8, 4) is 0 Å². The predicted molar refractivity (Wildman–Crippen MR) is 145 cm³/mol. The monoisotopic (exact) mass is 539 g/mol. The molecular formula is C26H45N5O5S. The van der Waals surface area contributed by atoms with Crippen LogP contribution in [0.15, 0.2) is 0 Å². The third-order valence-corrected chi connectivity index (χ3v) is 8.21. The minimum Gasteiger partial charge on any atom is -0.363 e. The molecule has 2 saturated carbocycles. The number of hydrogen-bond donors (Lipinski definition) is 4. The fourth-order valence-corrected chi connectivity index (χ4v) is 5.96. The lowest BCUT2D eigenvalue weighted by Crippen LogP contribution is -2.62. The zero-order valence-electron chi connectivity index (χ0n) is 23.6. The van der Waals surface area contributed by atoms with Crippen LogP contribution >= 0.6 is 13.5 Å². The molecule has 0 aromatic heterocycles. The summed E-state index contributed by atoms with van der Waals surface area (Å²) >= 11 is 0. The largest absolute Gasteiger partial charge is 0.363 e. The van der Waals surface area contributed by atoms with Crippen molar-refractivity contribution in [3.05, 3.63) is 0 Å². The molecule has 3 rings (SSSR count). The fourth-order valence-electron chi connectivity index (χ4n) is 5.96. The summed E-state index contributed by atoms with van der Waals surface area (Å²) in [6, 6.07) is -2.14. The van der Waals surface area contributed by atoms with Crippen molar-refractivity contribution in [2.45, 2.75) is 98.3 Å². The summed E-state index contributed by atoms with van der Waals surface area (Å²) in [7, 11) is 0. The molecule has 1 aliphatic heterocycles. The van der Waals surface area contributed by atoms with Crippen molar-refractivity contribution in [2.75, 3.05) is 6.54 Å². The second kappa shape index (κ2) is 9.78. The fraction of sp³-hybridized carbons (Fsp3) is 0.808. The minimum absolute atomic E-state index is 0. The highest BCUT2D eigenvalue weighted by Gasteiger charge is 2.71. The first-order valence-corrected chi connectivity index (χ1v) is 12.8. The quantitative estimate of drug-likeness (QED) is 0.361. The third-order valence-electron chi connectivity index (χ3n) is 8.21. The van der Waals surface area contributed by atoms with Crippen molar-refractivity contribution in [2.24, 2.45) is 34.3 Å². The summed E-state index contributed by atoms with van der Waals surface area (Å²) < 4.78 is 0. The maximum Gasteiger partial charge on any atom is 0.315 e. The lowest BCUT2D eigenvalue weighted by atomic mass is 9.85. The Morgan fingerprint density at radius 2 is 1.62 bits per heavy atom. The van der Waals surface area contributed by atoms with Crippen LogP contribution in [0, 0.1) is 28.6 Å². The van der Waals surface area contributed by atoms with E-state index in [1.165, 1.54) is 0 Å². The number of nitrogens with one attached hydrogen (secondary N) is 3. The van der Waals surface area contributed by atoms with Gasteiger partial charge in [-0.2, -0.15) is 13.5 Å². The number of carbonyl (C=O) groups is 5. The average Bonchev–Trinajstić information content (AvgIpc) is 3.46. The van der Waals surface area contributed by atoms with E-state index in [0.29, 0.717) is 19.4 Å². The molecular weight excluding hydrogens is 494 g/mol. The van der Waals surface area contributed by atoms with Crippen LogP contribution in [0.2, 0.25) is 0 Å². The second-order valence-corrected chi connectivity index (χ2v) is 13.5. The lowest BCUT2D eigenvalue weighted by Gasteiger charge is -2.38. The van der Waals surface area contributed by atoms with Gasteiger partial charge in [-0.15, -0.1) is 0 Å². The number of ketones is 1. The first kappa shape index (κ1) is 30.9. The van der Waals surface area contributed by atoms with E-state index in [9.17, 15) is 24.0 Å². The molecule has 210 valence electrons. The number of amides is 5. The van der Waals surface area contributed by atoms with Crippen molar-refractivity contribution >= 4 is 43.0 Å². The first-order valence-electron chi connectivity index (χ1n) is 12.8. The summed E-state index contributed by atoms with van der Waals surface area (Å²) in [6.45, 7) is 17.5. The van der Waals surface area contributed by atoms with Gasteiger partial charge in [0.2, 0.25) is 17.6 Å². The van der Waals surface area contributed by atoms with Crippen LogP contribution in [0.3, 0.4) is 0 Å². The highest BCUT2D eigenvalue weighted by Crippen LogP contribution is 2.65. The molecule has 5 N–H and O–H groups in total. The molecule has 6 atom stereocenters. The van der Waals surface area contributed by atoms with Crippen molar-refractivity contribution < 1.29 is 24.0 Å². The van der Waals surface area contributed by atoms with Crippen LogP contribution in [0.5, 0.6) is 0 Å². The second-order valence-electron chi connectivity index (χ2n) is 13.5. The number of carbonyl (C=O) groups excluding carboxylic acids is 5. The molecule has 1 heterocycles. The van der Waals surface area contributed by atoms with Gasteiger partial charge in [0.05, 0.1) is 0 Å². The van der Waals surface area contributed by atoms with Gasteiger partial charge in [0.1, 0.15) is 17.6 Å². The van der Waals surface area contributed by atoms with Crippen LogP contribution in [-0.2, 0) is 19.2 Å². The van der Waals surface area contributed by atoms with Gasteiger partial charge in [-0.1, -0.05) is 48.0 Å². The van der Waals surface area contributed by atoms with Crippen LogP contribution in [0.4, 0.5) is 4.79 Å². The van der Waals surface area contributed by atoms with Crippen LogP contribution in [0.25, 0.3) is 0 Å². The Morgan fingerprint density at radius 3 is 2.05 bits per heavy atom. The van der Waals surface area contributed by atoms with E-state index in [1.807, 2.05) is 48.5 Å². The lowest BCUT2D eigenvalue weighted by molar-refractivity contribution is -0.145. The molecule has 0 unspecified atom stereocenters. The van der Waals surface area contributed by atoms with Gasteiger partial charge in [0, 0.05) is 12.1 Å². The molecule has 0 spiro atoms. The van der Waals surface area contributed by atoms with E-state index in [-0.39, 0.29) is 42.6 Å². The van der Waals surface area contributed by atoms with Gasteiger partial charge in [-0.25, -0.2) is 4.79 Å². The van der Waals surface area contributed by atoms with Gasteiger partial charge in [-0.3, -0.25) is 19.2 Å². The summed E-state index contributed by atoms with van der Waals surface area (Å²) in [5.74, 6) is -2.77. The van der Waals surface area contributed by atoms with Gasteiger partial charge in [0.15, 0.2) is 0 Å². The number of primary amides is 1. The number of fused-ring (bicyclic) bond motifs is 1. The van der Waals surface area contributed by atoms with Crippen molar-refractivity contribution in [3.63, 3.8) is 0 Å². The Bertz CT molecular complexity index is 985. The maximum atomic E-state index is 13.9. The molecule has 10 nitrogen and oxygen atoms in total. The molecule has 3 aliphatic rings. The van der Waals surface area contributed by atoms with E-state index in [2.05, 4.69) is 29.8 Å². The average molecular weight is 540 g/mol. The maximum absolute atomic E-state index is 13.9. The standard InChI is InChI=1S/C26H43N5O5.H2S/c1-10-13-11-26(13,18(32)19(27)33)29-20(34)16-15-14(25(15,8)9)12-31(16)21(35)17(23(2,3)4)28-22(36)30-24(5,6)7;/h13-17H,10-12H2,1-9H3,(H2,27,33)(H,29,34)(H2,28,30,36);1H2/t13-,14+,15+,16+,17-,26+;/m1./s1. The van der Waals surface area contributed by atoms with Gasteiger partial charge in [0.25, 0.3) is 5.91 Å². The topological polar surface area (TPSA) is 151 Å². The normalized spacial score (nSPS) is 30.2. The number of piperidine rings is 1. The minimum atomic E-state index is -1.29. The van der Waals surface area contributed by atoms with Crippen molar-refractivity contribution in [1.29, 1.82) is 0 Å². The summed E-state index contributed by atoms with van der Waals surface area (Å²) in [6.07, 6.45) is 0.970. The zero-order valence-corrected chi connectivity index (χ0v) is 24.6. The predicted octanol–water partition coefficient (Wildman–Crippen LogP) is 1.43. The Balaban J connectivity index is 0.00000481. The number of urea groups is 1. The molecule has 0 radical (unpaired) electrons. The van der Waals surface area contributed by atoms with E-state index in [4.69, 9.17) is 5.73 Å². The molecule has 0 aromatic carbocycles. The molecule has 11 heteroatoms. The zero-order chi connectivity index (χ0) is 27.6. The molecule has 5 amide bonds. The number of Topliss-reactive ketones (excluding diaryl/α,β-unsaturated/α-hetero) is 1. The first-order chi connectivity index (χ1) is 16.3. The van der Waals surface area contributed by atoms with Gasteiger partial charge < -0.3 is 26.6 Å². The Labute approximate surface area is 227 Å². The molecule has 2 aliphatic carbocycles. The van der Waals surface area contributed by atoms with E-state index in [0.717, 1.165) is 0 Å². The smallest absolute Gasteiger partial charge is 0.315 e. The van der Waals surface area contributed by atoms with Crippen LogP contribution < -0.4 is 21.7 Å². The molecule has 1 saturated heterocycles. The van der Waals surface area contributed by atoms with Crippen LogP contribution in [0.1, 0.15) is 75.2 Å².